The molecular weight excluding hydrogens is 322 g/mol. The molecule has 0 N–H and O–H groups in total. The lowest BCUT2D eigenvalue weighted by molar-refractivity contribution is -0.181. The van der Waals surface area contributed by atoms with E-state index in [-0.39, 0.29) is 5.60 Å². The van der Waals surface area contributed by atoms with Crippen LogP contribution in [-0.4, -0.2) is 36.1 Å². The van der Waals surface area contributed by atoms with Crippen LogP contribution in [0.5, 0.6) is 0 Å². The van der Waals surface area contributed by atoms with Crippen molar-refractivity contribution in [3.63, 3.8) is 0 Å². The first-order valence-electron chi connectivity index (χ1n) is 11.2. The van der Waals surface area contributed by atoms with Crippen molar-refractivity contribution in [3.8, 4) is 0 Å². The lowest BCUT2D eigenvalue weighted by atomic mass is 9.44. The second-order valence-electron chi connectivity index (χ2n) is 11.0. The second-order valence-corrected chi connectivity index (χ2v) is 11.0. The van der Waals surface area contributed by atoms with Gasteiger partial charge in [0.1, 0.15) is 0 Å². The van der Waals surface area contributed by atoms with Crippen molar-refractivity contribution < 1.29 is 9.53 Å². The Morgan fingerprint density at radius 2 is 1.85 bits per heavy atom. The van der Waals surface area contributed by atoms with Gasteiger partial charge in [-0.3, -0.25) is 4.79 Å². The summed E-state index contributed by atoms with van der Waals surface area (Å²) in [6, 6.07) is 0.461. The number of nitrogens with zero attached hydrogens (tertiary/aromatic N) is 1. The van der Waals surface area contributed by atoms with Gasteiger partial charge in [-0.1, -0.05) is 20.8 Å². The molecule has 0 bridgehead atoms. The fourth-order valence-electron chi connectivity index (χ4n) is 8.90. The van der Waals surface area contributed by atoms with Crippen molar-refractivity contribution in [2.24, 2.45) is 34.5 Å². The molecular formula is C23H37NO2. The highest BCUT2D eigenvalue weighted by Crippen LogP contribution is 2.70. The molecule has 0 aromatic heterocycles. The van der Waals surface area contributed by atoms with Crippen molar-refractivity contribution in [1.29, 1.82) is 0 Å². The summed E-state index contributed by atoms with van der Waals surface area (Å²) in [7, 11) is 2.07. The smallest absolute Gasteiger partial charge is 0.222 e. The highest BCUT2D eigenvalue weighted by atomic mass is 16.5. The summed E-state index contributed by atoms with van der Waals surface area (Å²) in [5.41, 5.74) is 0.908. The minimum absolute atomic E-state index is 0.194. The molecule has 26 heavy (non-hydrogen) atoms. The number of fused-ring (bicyclic) bond motifs is 6. The van der Waals surface area contributed by atoms with E-state index < -0.39 is 0 Å². The summed E-state index contributed by atoms with van der Waals surface area (Å²) in [6.45, 7) is 8.60. The van der Waals surface area contributed by atoms with E-state index in [1.54, 1.807) is 0 Å². The third-order valence-electron chi connectivity index (χ3n) is 10.3. The summed E-state index contributed by atoms with van der Waals surface area (Å²) < 4.78 is 6.50. The minimum Gasteiger partial charge on any atom is -0.374 e. The first-order valence-corrected chi connectivity index (χ1v) is 11.2. The Morgan fingerprint density at radius 3 is 2.58 bits per heavy atom. The normalized spacial score (nSPS) is 56.4. The van der Waals surface area contributed by atoms with Crippen molar-refractivity contribution in [3.05, 3.63) is 0 Å². The number of likely N-dealkylation sites (tertiary alicyclic amines) is 1. The van der Waals surface area contributed by atoms with Gasteiger partial charge in [0.05, 0.1) is 5.60 Å². The van der Waals surface area contributed by atoms with Crippen LogP contribution >= 0.6 is 0 Å². The lowest BCUT2D eigenvalue weighted by Gasteiger charge is -2.64. The molecule has 3 nitrogen and oxygen atoms in total. The van der Waals surface area contributed by atoms with Gasteiger partial charge in [0.2, 0.25) is 5.91 Å². The molecule has 2 saturated heterocycles. The van der Waals surface area contributed by atoms with E-state index >= 15 is 0 Å². The number of carbonyl (C=O) groups excluding carboxylic acids is 1. The Hall–Kier alpha value is -0.570. The van der Waals surface area contributed by atoms with Gasteiger partial charge < -0.3 is 9.64 Å². The van der Waals surface area contributed by atoms with E-state index in [9.17, 15) is 4.79 Å². The van der Waals surface area contributed by atoms with E-state index in [2.05, 4.69) is 32.7 Å². The summed E-state index contributed by atoms with van der Waals surface area (Å²) in [4.78, 5) is 14.5. The van der Waals surface area contributed by atoms with Crippen LogP contribution in [0.4, 0.5) is 0 Å². The predicted octanol–water partition coefficient (Wildman–Crippen LogP) is 4.65. The molecule has 146 valence electrons. The number of piperidine rings is 1. The number of hydrogen-bond acceptors (Lipinski definition) is 2. The van der Waals surface area contributed by atoms with Gasteiger partial charge in [-0.05, 0) is 85.9 Å². The Morgan fingerprint density at radius 1 is 1.08 bits per heavy atom. The van der Waals surface area contributed by atoms with Crippen LogP contribution in [0.25, 0.3) is 0 Å². The van der Waals surface area contributed by atoms with E-state index in [4.69, 9.17) is 4.74 Å². The maximum atomic E-state index is 12.4. The molecule has 3 saturated carbocycles. The molecule has 0 radical (unpaired) electrons. The van der Waals surface area contributed by atoms with Gasteiger partial charge >= 0.3 is 0 Å². The zero-order valence-corrected chi connectivity index (χ0v) is 17.2. The van der Waals surface area contributed by atoms with Gasteiger partial charge in [0.15, 0.2) is 0 Å². The quantitative estimate of drug-likeness (QED) is 0.630. The molecule has 2 aliphatic heterocycles. The summed E-state index contributed by atoms with van der Waals surface area (Å²) >= 11 is 0. The molecule has 3 aliphatic carbocycles. The molecule has 8 atom stereocenters. The van der Waals surface area contributed by atoms with E-state index in [0.29, 0.717) is 22.8 Å². The highest BCUT2D eigenvalue weighted by molar-refractivity contribution is 5.77. The Bertz CT molecular complexity index is 611. The average molecular weight is 360 g/mol. The summed E-state index contributed by atoms with van der Waals surface area (Å²) in [5.74, 6) is 3.56. The van der Waals surface area contributed by atoms with Gasteiger partial charge in [0.25, 0.3) is 0 Å². The Labute approximate surface area is 159 Å². The maximum absolute atomic E-state index is 12.4. The number of ether oxygens (including phenoxy) is 1. The van der Waals surface area contributed by atoms with Crippen LogP contribution in [0.3, 0.4) is 0 Å². The standard InChI is InChI=1S/C23H37NO2/c1-15-14-18-21(2,10-8-19(25)24(18)4)16-6-11-22(3)17(20(15)16)7-12-23(22)9-5-13-26-23/h15-18,20H,5-14H2,1-4H3/t15-,16+,17+,18+,20-,21-,22+,23+/m1/s1. The van der Waals surface area contributed by atoms with Crippen LogP contribution in [0.15, 0.2) is 0 Å². The number of carbonyl (C=O) groups is 1. The largest absolute Gasteiger partial charge is 0.374 e. The van der Waals surface area contributed by atoms with Crippen LogP contribution in [0.2, 0.25) is 0 Å². The predicted molar refractivity (Wildman–Crippen MR) is 103 cm³/mol. The van der Waals surface area contributed by atoms with Crippen molar-refractivity contribution in [2.75, 3.05) is 13.7 Å². The molecule has 0 unspecified atom stereocenters. The van der Waals surface area contributed by atoms with Crippen LogP contribution in [-0.2, 0) is 9.53 Å². The molecule has 2 heterocycles. The molecule has 5 rings (SSSR count). The topological polar surface area (TPSA) is 29.5 Å². The maximum Gasteiger partial charge on any atom is 0.222 e. The Kier molecular flexibility index (Phi) is 3.70. The zero-order chi connectivity index (χ0) is 18.3. The number of amides is 1. The minimum atomic E-state index is 0.194. The monoisotopic (exact) mass is 359 g/mol. The molecule has 1 amide bonds. The lowest BCUT2D eigenvalue weighted by Crippen LogP contribution is -2.64. The fraction of sp³-hybridized carbons (Fsp3) is 0.957. The highest BCUT2D eigenvalue weighted by Gasteiger charge is 2.67. The molecule has 5 aliphatic rings. The average Bonchev–Trinajstić information content (AvgIpc) is 3.21. The van der Waals surface area contributed by atoms with E-state index in [0.717, 1.165) is 43.1 Å². The third kappa shape index (κ3) is 1.97. The van der Waals surface area contributed by atoms with Gasteiger partial charge in [-0.15, -0.1) is 0 Å². The number of hydrogen-bond donors (Lipinski definition) is 0. The fourth-order valence-corrected chi connectivity index (χ4v) is 8.90. The van der Waals surface area contributed by atoms with Crippen LogP contribution in [0.1, 0.15) is 78.6 Å². The molecule has 3 heteroatoms. The SMILES string of the molecule is C[C@@H]1C[C@@H]2N(C)C(=O)CC[C@]2(C)[C@H]2CC[C@@]3(C)[C@@H](CC[C@@]34CCCO4)[C@H]12. The van der Waals surface area contributed by atoms with Crippen LogP contribution in [0, 0.1) is 34.5 Å². The number of rotatable bonds is 0. The van der Waals surface area contributed by atoms with Gasteiger partial charge in [0, 0.05) is 26.1 Å². The zero-order valence-electron chi connectivity index (χ0n) is 17.2. The summed E-state index contributed by atoms with van der Waals surface area (Å²) in [6.07, 6.45) is 11.0. The molecule has 1 spiro atoms. The first kappa shape index (κ1) is 17.5. The molecule has 0 aromatic carbocycles. The van der Waals surface area contributed by atoms with E-state index in [1.165, 1.54) is 44.9 Å². The molecule has 5 fully saturated rings. The summed E-state index contributed by atoms with van der Waals surface area (Å²) in [5, 5.41) is 0. The van der Waals surface area contributed by atoms with Gasteiger partial charge in [-0.25, -0.2) is 0 Å². The first-order chi connectivity index (χ1) is 12.3. The molecule has 0 aromatic rings. The van der Waals surface area contributed by atoms with Crippen molar-refractivity contribution in [2.45, 2.75) is 90.2 Å². The van der Waals surface area contributed by atoms with Gasteiger partial charge in [-0.2, -0.15) is 0 Å². The second kappa shape index (κ2) is 5.49. The van der Waals surface area contributed by atoms with E-state index in [1.807, 2.05) is 0 Å². The third-order valence-corrected chi connectivity index (χ3v) is 10.3. The Balaban J connectivity index is 1.51. The van der Waals surface area contributed by atoms with Crippen molar-refractivity contribution >= 4 is 5.91 Å². The van der Waals surface area contributed by atoms with Crippen molar-refractivity contribution in [1.82, 2.24) is 4.90 Å². The van der Waals surface area contributed by atoms with Crippen LogP contribution < -0.4 is 0 Å².